The number of rotatable bonds is 5. The van der Waals surface area contributed by atoms with E-state index >= 15 is 0 Å². The van der Waals surface area contributed by atoms with Gasteiger partial charge in [-0.25, -0.2) is 0 Å². The number of nitrogens with zero attached hydrogens (tertiary/aromatic N) is 5. The Hall–Kier alpha value is -2.12. The van der Waals surface area contributed by atoms with Crippen molar-refractivity contribution in [2.75, 3.05) is 20.1 Å². The zero-order valence-electron chi connectivity index (χ0n) is 15.9. The molecule has 1 aromatic rings. The predicted octanol–water partition coefficient (Wildman–Crippen LogP) is 1.14. The molecule has 1 aliphatic carbocycles. The van der Waals surface area contributed by atoms with Crippen molar-refractivity contribution in [3.63, 3.8) is 0 Å². The molecule has 1 unspecified atom stereocenters. The second-order valence-electron chi connectivity index (χ2n) is 7.21. The van der Waals surface area contributed by atoms with Crippen LogP contribution in [0.4, 0.5) is 0 Å². The molecule has 1 saturated heterocycles. The van der Waals surface area contributed by atoms with Crippen LogP contribution in [-0.2, 0) is 17.9 Å². The fourth-order valence-corrected chi connectivity index (χ4v) is 3.92. The van der Waals surface area contributed by atoms with E-state index in [4.69, 9.17) is 0 Å². The lowest BCUT2D eigenvalue weighted by atomic mass is 9.88. The molecule has 1 aliphatic heterocycles. The van der Waals surface area contributed by atoms with Gasteiger partial charge in [-0.05, 0) is 26.2 Å². The maximum absolute atomic E-state index is 12.7. The Morgan fingerprint density at radius 2 is 2.12 bits per heavy atom. The highest BCUT2D eigenvalue weighted by Crippen LogP contribution is 2.26. The molecule has 0 aromatic carbocycles. The summed E-state index contributed by atoms with van der Waals surface area (Å²) in [4.78, 5) is 19.0. The van der Waals surface area contributed by atoms with Crippen LogP contribution < -0.4 is 10.6 Å². The van der Waals surface area contributed by atoms with Crippen LogP contribution in [0.5, 0.6) is 0 Å². The molecule has 2 aliphatic rings. The molecule has 0 spiro atoms. The fraction of sp³-hybridized carbons (Fsp3) is 0.778. The fourth-order valence-electron chi connectivity index (χ4n) is 3.92. The maximum Gasteiger partial charge on any atom is 0.225 e. The number of aliphatic imine (C=N–C) groups is 1. The molecule has 8 heteroatoms. The highest BCUT2D eigenvalue weighted by molar-refractivity contribution is 5.81. The zero-order chi connectivity index (χ0) is 18.4. The summed E-state index contributed by atoms with van der Waals surface area (Å²) < 4.78 is 2.00. The number of carbonyl (C=O) groups is 1. The molecule has 1 aromatic heterocycles. The maximum atomic E-state index is 12.7. The smallest absolute Gasteiger partial charge is 0.225 e. The Bertz CT molecular complexity index is 621. The van der Waals surface area contributed by atoms with Crippen LogP contribution >= 0.6 is 0 Å². The second kappa shape index (κ2) is 9.00. The molecule has 144 valence electrons. The molecule has 26 heavy (non-hydrogen) atoms. The van der Waals surface area contributed by atoms with E-state index in [9.17, 15) is 4.79 Å². The van der Waals surface area contributed by atoms with Crippen molar-refractivity contribution in [2.24, 2.45) is 10.9 Å². The molecule has 0 radical (unpaired) electrons. The molecule has 8 nitrogen and oxygen atoms in total. The standard InChI is InChI=1S/C18H31N7O/c1-3-24-13-21-23-16(24)11-20-18(19-2)22-15-9-10-25(12-15)17(26)14-7-5-4-6-8-14/h13-15H,3-12H2,1-2H3,(H2,19,20,22). The third-order valence-electron chi connectivity index (χ3n) is 5.47. The van der Waals surface area contributed by atoms with Gasteiger partial charge in [0.15, 0.2) is 11.8 Å². The first kappa shape index (κ1) is 18.7. The number of hydrogen-bond donors (Lipinski definition) is 2. The Labute approximate surface area is 155 Å². The first-order valence-electron chi connectivity index (χ1n) is 9.84. The summed E-state index contributed by atoms with van der Waals surface area (Å²) in [5.74, 6) is 2.23. The van der Waals surface area contributed by atoms with Gasteiger partial charge in [-0.15, -0.1) is 10.2 Å². The molecule has 2 fully saturated rings. The predicted molar refractivity (Wildman–Crippen MR) is 101 cm³/mol. The van der Waals surface area contributed by atoms with Crippen LogP contribution in [0.25, 0.3) is 0 Å². The van der Waals surface area contributed by atoms with E-state index in [1.807, 2.05) is 9.47 Å². The average Bonchev–Trinajstić information content (AvgIpc) is 3.34. The van der Waals surface area contributed by atoms with Crippen molar-refractivity contribution >= 4 is 11.9 Å². The van der Waals surface area contributed by atoms with Gasteiger partial charge in [-0.1, -0.05) is 19.3 Å². The average molecular weight is 361 g/mol. The second-order valence-corrected chi connectivity index (χ2v) is 7.21. The minimum atomic E-state index is 0.248. The summed E-state index contributed by atoms with van der Waals surface area (Å²) in [6.07, 6.45) is 8.50. The van der Waals surface area contributed by atoms with E-state index in [-0.39, 0.29) is 12.0 Å². The number of carbonyl (C=O) groups excluding carboxylic acids is 1. The number of amides is 1. The van der Waals surface area contributed by atoms with Crippen molar-refractivity contribution in [1.29, 1.82) is 0 Å². The number of guanidine groups is 1. The Morgan fingerprint density at radius 3 is 2.85 bits per heavy atom. The number of aryl methyl sites for hydroxylation is 1. The number of hydrogen-bond acceptors (Lipinski definition) is 4. The van der Waals surface area contributed by atoms with E-state index in [1.165, 1.54) is 19.3 Å². The SMILES string of the molecule is CCn1cnnc1CNC(=NC)NC1CCN(C(=O)C2CCCCC2)C1. The Morgan fingerprint density at radius 1 is 1.31 bits per heavy atom. The third-order valence-corrected chi connectivity index (χ3v) is 5.47. The normalized spacial score (nSPS) is 21.8. The first-order valence-corrected chi connectivity index (χ1v) is 9.84. The van der Waals surface area contributed by atoms with Gasteiger partial charge in [0.1, 0.15) is 6.33 Å². The van der Waals surface area contributed by atoms with Gasteiger partial charge in [-0.3, -0.25) is 9.79 Å². The minimum Gasteiger partial charge on any atom is -0.352 e. The van der Waals surface area contributed by atoms with Crippen LogP contribution in [0, 0.1) is 5.92 Å². The van der Waals surface area contributed by atoms with Gasteiger partial charge in [0.05, 0.1) is 6.54 Å². The van der Waals surface area contributed by atoms with Crippen molar-refractivity contribution in [3.8, 4) is 0 Å². The molecule has 1 saturated carbocycles. The zero-order valence-corrected chi connectivity index (χ0v) is 15.9. The van der Waals surface area contributed by atoms with E-state index in [0.717, 1.165) is 50.7 Å². The molecule has 2 N–H and O–H groups in total. The van der Waals surface area contributed by atoms with Crippen LogP contribution in [-0.4, -0.2) is 57.7 Å². The van der Waals surface area contributed by atoms with Gasteiger partial charge < -0.3 is 20.1 Å². The van der Waals surface area contributed by atoms with Crippen LogP contribution in [0.1, 0.15) is 51.3 Å². The topological polar surface area (TPSA) is 87.4 Å². The van der Waals surface area contributed by atoms with E-state index < -0.39 is 0 Å². The quantitative estimate of drug-likeness (QED) is 0.607. The molecule has 3 rings (SSSR count). The lowest BCUT2D eigenvalue weighted by Gasteiger charge is -2.26. The molecular weight excluding hydrogens is 330 g/mol. The third kappa shape index (κ3) is 4.53. The van der Waals surface area contributed by atoms with Crippen LogP contribution in [0.3, 0.4) is 0 Å². The Kier molecular flexibility index (Phi) is 6.46. The number of aromatic nitrogens is 3. The van der Waals surface area contributed by atoms with Crippen molar-refractivity contribution < 1.29 is 4.79 Å². The van der Waals surface area contributed by atoms with E-state index in [0.29, 0.717) is 12.5 Å². The van der Waals surface area contributed by atoms with Crippen molar-refractivity contribution in [3.05, 3.63) is 12.2 Å². The number of nitrogens with one attached hydrogen (secondary N) is 2. The summed E-state index contributed by atoms with van der Waals surface area (Å²) >= 11 is 0. The molecule has 1 atom stereocenters. The van der Waals surface area contributed by atoms with Crippen LogP contribution in [0.2, 0.25) is 0 Å². The highest BCUT2D eigenvalue weighted by Gasteiger charge is 2.31. The van der Waals surface area contributed by atoms with Gasteiger partial charge in [-0.2, -0.15) is 0 Å². The molecular formula is C18H31N7O. The molecule has 0 bridgehead atoms. The highest BCUT2D eigenvalue weighted by atomic mass is 16.2. The molecule has 1 amide bonds. The van der Waals surface area contributed by atoms with Gasteiger partial charge in [0, 0.05) is 38.6 Å². The summed E-state index contributed by atoms with van der Waals surface area (Å²) in [5, 5.41) is 14.8. The summed E-state index contributed by atoms with van der Waals surface area (Å²) in [7, 11) is 1.76. The molecule has 2 heterocycles. The lowest BCUT2D eigenvalue weighted by molar-refractivity contribution is -0.135. The first-order chi connectivity index (χ1) is 12.7. The minimum absolute atomic E-state index is 0.248. The summed E-state index contributed by atoms with van der Waals surface area (Å²) in [6, 6.07) is 0.248. The van der Waals surface area contributed by atoms with Crippen LogP contribution in [0.15, 0.2) is 11.3 Å². The summed E-state index contributed by atoms with van der Waals surface area (Å²) in [6.45, 7) is 5.09. The largest absolute Gasteiger partial charge is 0.352 e. The number of likely N-dealkylation sites (tertiary alicyclic amines) is 1. The van der Waals surface area contributed by atoms with E-state index in [2.05, 4.69) is 32.7 Å². The van der Waals surface area contributed by atoms with Gasteiger partial charge in [0.25, 0.3) is 0 Å². The Balaban J connectivity index is 1.46. The van der Waals surface area contributed by atoms with Crippen molar-refractivity contribution in [1.82, 2.24) is 30.3 Å². The van der Waals surface area contributed by atoms with Crippen molar-refractivity contribution in [2.45, 2.75) is 64.6 Å². The van der Waals surface area contributed by atoms with E-state index in [1.54, 1.807) is 13.4 Å². The van der Waals surface area contributed by atoms with Gasteiger partial charge in [0.2, 0.25) is 5.91 Å². The lowest BCUT2D eigenvalue weighted by Crippen LogP contribution is -2.45. The summed E-state index contributed by atoms with van der Waals surface area (Å²) in [5.41, 5.74) is 0. The van der Waals surface area contributed by atoms with Gasteiger partial charge >= 0.3 is 0 Å². The monoisotopic (exact) mass is 361 g/mol.